The highest BCUT2D eigenvalue weighted by Gasteiger charge is 2.50. The normalized spacial score (nSPS) is 39.9. The first-order chi connectivity index (χ1) is 18.7. The Morgan fingerprint density at radius 3 is 2.16 bits per heavy atom. The summed E-state index contributed by atoms with van der Waals surface area (Å²) < 4.78 is 6.65. The Balaban J connectivity index is 1.11. The molecule has 0 bridgehead atoms. The second-order valence-electron chi connectivity index (χ2n) is 12.9. The molecule has 2 saturated heterocycles. The lowest BCUT2D eigenvalue weighted by atomic mass is 9.70. The molecule has 2 aliphatic heterocycles. The van der Waals surface area contributed by atoms with Gasteiger partial charge in [0.25, 0.3) is 0 Å². The van der Waals surface area contributed by atoms with Crippen LogP contribution in [0.5, 0.6) is 0 Å². The summed E-state index contributed by atoms with van der Waals surface area (Å²) in [5, 5.41) is 22.3. The maximum atomic E-state index is 10.2. The second-order valence-corrected chi connectivity index (χ2v) is 12.9. The van der Waals surface area contributed by atoms with E-state index in [9.17, 15) is 5.11 Å². The van der Waals surface area contributed by atoms with Gasteiger partial charge >= 0.3 is 0 Å². The van der Waals surface area contributed by atoms with Gasteiger partial charge in [0.2, 0.25) is 0 Å². The zero-order chi connectivity index (χ0) is 25.5. The average molecular weight is 516 g/mol. The van der Waals surface area contributed by atoms with E-state index in [1.54, 1.807) is 0 Å². The predicted molar refractivity (Wildman–Crippen MR) is 151 cm³/mol. The van der Waals surface area contributed by atoms with E-state index in [1.807, 2.05) is 0 Å². The quantitative estimate of drug-likeness (QED) is 0.420. The number of hydrogen-bond donors (Lipinski definition) is 4. The van der Waals surface area contributed by atoms with Crippen molar-refractivity contribution in [2.45, 2.75) is 107 Å². The monoisotopic (exact) mass is 515 g/mol. The third-order valence-electron chi connectivity index (χ3n) is 10.6. The summed E-state index contributed by atoms with van der Waals surface area (Å²) in [6.45, 7) is 0. The zero-order valence-corrected chi connectivity index (χ0v) is 22.6. The molecule has 9 atom stereocenters. The highest BCUT2D eigenvalue weighted by atomic mass is 16.5. The SMILES string of the molecule is OC1CCC2C(C1)OC1CC(C3NC(c4cccc(-c5ccccc5)c4)NC(C4CCCCC4)N3)CCC12. The van der Waals surface area contributed by atoms with Crippen molar-refractivity contribution in [1.82, 2.24) is 16.0 Å². The molecule has 7 rings (SSSR count). The summed E-state index contributed by atoms with van der Waals surface area (Å²) in [6, 6.07) is 19.8. The molecule has 2 aromatic rings. The van der Waals surface area contributed by atoms with Crippen LogP contribution in [0.1, 0.15) is 82.4 Å². The molecule has 5 nitrogen and oxygen atoms in total. The standard InChI is InChI=1S/C33H45N3O2/c37-26-15-17-28-27-16-14-25(19-29(27)38-30(28)20-26)33-35-31(22-10-5-2-6-11-22)34-32(36-33)24-13-7-12-23(18-24)21-8-3-1-4-9-21/h1,3-4,7-9,12-13,18,22,25-37H,2,5-6,10-11,14-17,19-20H2. The Morgan fingerprint density at radius 1 is 0.632 bits per heavy atom. The molecule has 5 aliphatic rings. The lowest BCUT2D eigenvalue weighted by molar-refractivity contribution is -0.0362. The molecule has 2 heterocycles. The molecule has 3 aliphatic carbocycles. The van der Waals surface area contributed by atoms with Crippen LogP contribution in [0.3, 0.4) is 0 Å². The maximum absolute atomic E-state index is 10.2. The van der Waals surface area contributed by atoms with Gasteiger partial charge in [-0.2, -0.15) is 0 Å². The van der Waals surface area contributed by atoms with E-state index in [0.29, 0.717) is 35.9 Å². The third-order valence-corrected chi connectivity index (χ3v) is 10.6. The largest absolute Gasteiger partial charge is 0.393 e. The van der Waals surface area contributed by atoms with Gasteiger partial charge in [0.05, 0.1) is 36.8 Å². The molecule has 0 spiro atoms. The van der Waals surface area contributed by atoms with Crippen molar-refractivity contribution in [3.63, 3.8) is 0 Å². The maximum Gasteiger partial charge on any atom is 0.0859 e. The molecular weight excluding hydrogens is 470 g/mol. The fourth-order valence-corrected chi connectivity index (χ4v) is 8.56. The fourth-order valence-electron chi connectivity index (χ4n) is 8.56. The van der Waals surface area contributed by atoms with Crippen LogP contribution in [0.2, 0.25) is 0 Å². The van der Waals surface area contributed by atoms with E-state index < -0.39 is 0 Å². The Kier molecular flexibility index (Phi) is 7.31. The molecular formula is C33H45N3O2. The second kappa shape index (κ2) is 11.0. The minimum Gasteiger partial charge on any atom is -0.393 e. The van der Waals surface area contributed by atoms with Crippen LogP contribution in [0.4, 0.5) is 0 Å². The van der Waals surface area contributed by atoms with E-state index in [0.717, 1.165) is 25.7 Å². The van der Waals surface area contributed by atoms with Crippen LogP contribution in [-0.2, 0) is 4.74 Å². The zero-order valence-electron chi connectivity index (χ0n) is 22.6. The van der Waals surface area contributed by atoms with Crippen molar-refractivity contribution in [3.8, 4) is 11.1 Å². The number of hydrogen-bond acceptors (Lipinski definition) is 5. The molecule has 5 heteroatoms. The minimum atomic E-state index is -0.163. The summed E-state index contributed by atoms with van der Waals surface area (Å²) in [5.74, 6) is 2.62. The number of aliphatic hydroxyl groups excluding tert-OH is 1. The van der Waals surface area contributed by atoms with Crippen molar-refractivity contribution in [2.75, 3.05) is 0 Å². The number of aliphatic hydroxyl groups is 1. The molecule has 0 amide bonds. The Labute approximate surface area is 228 Å². The summed E-state index contributed by atoms with van der Waals surface area (Å²) in [5.41, 5.74) is 3.87. The van der Waals surface area contributed by atoms with E-state index >= 15 is 0 Å². The lowest BCUT2D eigenvalue weighted by Gasteiger charge is -2.47. The Bertz CT molecular complexity index is 1070. The first-order valence-electron chi connectivity index (χ1n) is 15.5. The lowest BCUT2D eigenvalue weighted by Crippen LogP contribution is -2.67. The van der Waals surface area contributed by atoms with Crippen LogP contribution in [-0.4, -0.2) is 35.7 Å². The summed E-state index contributed by atoms with van der Waals surface area (Å²) in [7, 11) is 0. The van der Waals surface area contributed by atoms with Crippen molar-refractivity contribution in [2.24, 2.45) is 23.7 Å². The molecule has 0 aromatic heterocycles. The van der Waals surface area contributed by atoms with Crippen LogP contribution < -0.4 is 16.0 Å². The van der Waals surface area contributed by atoms with Crippen LogP contribution >= 0.6 is 0 Å². The van der Waals surface area contributed by atoms with Crippen molar-refractivity contribution < 1.29 is 9.84 Å². The Morgan fingerprint density at radius 2 is 1.34 bits per heavy atom. The highest BCUT2D eigenvalue weighted by Crippen LogP contribution is 2.49. The van der Waals surface area contributed by atoms with Crippen molar-refractivity contribution in [3.05, 3.63) is 60.2 Å². The number of fused-ring (bicyclic) bond motifs is 3. The van der Waals surface area contributed by atoms with Crippen molar-refractivity contribution >= 4 is 0 Å². The predicted octanol–water partition coefficient (Wildman–Crippen LogP) is 5.71. The van der Waals surface area contributed by atoms with Crippen LogP contribution in [0.25, 0.3) is 11.1 Å². The molecule has 9 unspecified atom stereocenters. The molecule has 4 N–H and O–H groups in total. The van der Waals surface area contributed by atoms with Gasteiger partial charge in [-0.1, -0.05) is 67.8 Å². The smallest absolute Gasteiger partial charge is 0.0859 e. The topological polar surface area (TPSA) is 65.5 Å². The van der Waals surface area contributed by atoms with E-state index in [-0.39, 0.29) is 24.5 Å². The first kappa shape index (κ1) is 25.2. The van der Waals surface area contributed by atoms with Crippen LogP contribution in [0.15, 0.2) is 54.6 Å². The molecule has 3 saturated carbocycles. The minimum absolute atomic E-state index is 0.136. The third kappa shape index (κ3) is 5.09. The summed E-state index contributed by atoms with van der Waals surface area (Å²) in [6.07, 6.45) is 14.6. The van der Waals surface area contributed by atoms with Gasteiger partial charge in [0.1, 0.15) is 0 Å². The summed E-state index contributed by atoms with van der Waals surface area (Å²) >= 11 is 0. The van der Waals surface area contributed by atoms with Gasteiger partial charge in [-0.25, -0.2) is 0 Å². The van der Waals surface area contributed by atoms with Gasteiger partial charge < -0.3 is 9.84 Å². The molecule has 5 fully saturated rings. The van der Waals surface area contributed by atoms with Gasteiger partial charge in [-0.15, -0.1) is 0 Å². The van der Waals surface area contributed by atoms with E-state index in [1.165, 1.54) is 61.6 Å². The number of rotatable bonds is 4. The van der Waals surface area contributed by atoms with Gasteiger partial charge in [-0.3, -0.25) is 16.0 Å². The van der Waals surface area contributed by atoms with E-state index in [4.69, 9.17) is 4.74 Å². The number of nitrogens with one attached hydrogen (secondary N) is 3. The molecule has 0 radical (unpaired) electrons. The number of ether oxygens (including phenoxy) is 1. The first-order valence-corrected chi connectivity index (χ1v) is 15.5. The Hall–Kier alpha value is -1.76. The van der Waals surface area contributed by atoms with E-state index in [2.05, 4.69) is 70.5 Å². The van der Waals surface area contributed by atoms with Gasteiger partial charge in [-0.05, 0) is 97.8 Å². The van der Waals surface area contributed by atoms with Gasteiger partial charge in [0.15, 0.2) is 0 Å². The molecule has 38 heavy (non-hydrogen) atoms. The van der Waals surface area contributed by atoms with Crippen LogP contribution in [0, 0.1) is 23.7 Å². The summed E-state index contributed by atoms with van der Waals surface area (Å²) in [4.78, 5) is 0. The molecule has 2 aromatic carbocycles. The van der Waals surface area contributed by atoms with Crippen molar-refractivity contribution in [1.29, 1.82) is 0 Å². The average Bonchev–Trinajstić information content (AvgIpc) is 3.34. The molecule has 204 valence electrons. The highest BCUT2D eigenvalue weighted by molar-refractivity contribution is 5.64. The fraction of sp³-hybridized carbons (Fsp3) is 0.636. The van der Waals surface area contributed by atoms with Gasteiger partial charge in [0, 0.05) is 0 Å². The number of benzene rings is 2.